The van der Waals surface area contributed by atoms with Gasteiger partial charge in [0.1, 0.15) is 4.91 Å². The average Bonchev–Trinajstić information content (AvgIpc) is 2.58. The standard InChI is InChI=1S/C18H13NO5S/c1-11(20)19-14-8-4-5-9-16(14)25(23,24)17-10-15(21)12-6-2-3-7-13(12)18(17)22/h2-10H,1H3,(H,19,20). The van der Waals surface area contributed by atoms with E-state index in [0.29, 0.717) is 0 Å². The number of benzene rings is 2. The molecule has 1 aliphatic carbocycles. The van der Waals surface area contributed by atoms with Gasteiger partial charge in [-0.25, -0.2) is 8.42 Å². The van der Waals surface area contributed by atoms with Gasteiger partial charge in [0.15, 0.2) is 5.78 Å². The highest BCUT2D eigenvalue weighted by atomic mass is 32.2. The molecule has 7 heteroatoms. The number of para-hydroxylation sites is 1. The molecule has 0 radical (unpaired) electrons. The predicted molar refractivity (Wildman–Crippen MR) is 91.1 cm³/mol. The molecule has 2 aromatic carbocycles. The first-order chi connectivity index (χ1) is 11.8. The summed E-state index contributed by atoms with van der Waals surface area (Å²) >= 11 is 0. The van der Waals surface area contributed by atoms with Crippen LogP contribution in [0.25, 0.3) is 0 Å². The summed E-state index contributed by atoms with van der Waals surface area (Å²) in [5, 5.41) is 2.42. The molecule has 0 unspecified atom stereocenters. The van der Waals surface area contributed by atoms with Crippen molar-refractivity contribution in [3.05, 3.63) is 70.6 Å². The Balaban J connectivity index is 2.16. The van der Waals surface area contributed by atoms with E-state index in [1.54, 1.807) is 18.2 Å². The largest absolute Gasteiger partial charge is 0.325 e. The summed E-state index contributed by atoms with van der Waals surface area (Å²) in [4.78, 5) is 35.3. The van der Waals surface area contributed by atoms with Crippen LogP contribution in [-0.2, 0) is 14.6 Å². The van der Waals surface area contributed by atoms with Gasteiger partial charge in [-0.05, 0) is 12.1 Å². The fourth-order valence-electron chi connectivity index (χ4n) is 2.60. The first kappa shape index (κ1) is 16.8. The number of ketones is 2. The van der Waals surface area contributed by atoms with Crippen LogP contribution in [0.2, 0.25) is 0 Å². The van der Waals surface area contributed by atoms with E-state index in [4.69, 9.17) is 0 Å². The van der Waals surface area contributed by atoms with Gasteiger partial charge in [-0.2, -0.15) is 0 Å². The predicted octanol–water partition coefficient (Wildman–Crippen LogP) is 2.38. The van der Waals surface area contributed by atoms with Crippen LogP contribution in [0.5, 0.6) is 0 Å². The van der Waals surface area contributed by atoms with Crippen molar-refractivity contribution in [3.63, 3.8) is 0 Å². The van der Waals surface area contributed by atoms with E-state index in [1.807, 2.05) is 0 Å². The molecule has 0 saturated carbocycles. The molecule has 2 aromatic rings. The zero-order valence-corrected chi connectivity index (χ0v) is 14.0. The molecule has 0 spiro atoms. The van der Waals surface area contributed by atoms with Gasteiger partial charge in [0.25, 0.3) is 0 Å². The second-order valence-electron chi connectivity index (χ2n) is 5.43. The molecule has 1 amide bonds. The summed E-state index contributed by atoms with van der Waals surface area (Å²) in [5.41, 5.74) is 0.266. The van der Waals surface area contributed by atoms with Gasteiger partial charge in [0.2, 0.25) is 21.5 Å². The van der Waals surface area contributed by atoms with Crippen molar-refractivity contribution in [1.82, 2.24) is 0 Å². The number of carbonyl (C=O) groups is 3. The highest BCUT2D eigenvalue weighted by Crippen LogP contribution is 2.32. The maximum atomic E-state index is 13.0. The van der Waals surface area contributed by atoms with Gasteiger partial charge in [0.05, 0.1) is 10.6 Å². The number of carbonyl (C=O) groups excluding carboxylic acids is 3. The van der Waals surface area contributed by atoms with Crippen LogP contribution in [0.4, 0.5) is 5.69 Å². The van der Waals surface area contributed by atoms with Gasteiger partial charge >= 0.3 is 0 Å². The van der Waals surface area contributed by atoms with Crippen molar-refractivity contribution in [3.8, 4) is 0 Å². The summed E-state index contributed by atoms with van der Waals surface area (Å²) in [5.74, 6) is -1.74. The van der Waals surface area contributed by atoms with Crippen molar-refractivity contribution >= 4 is 33.0 Å². The van der Waals surface area contributed by atoms with E-state index in [-0.39, 0.29) is 21.7 Å². The lowest BCUT2D eigenvalue weighted by molar-refractivity contribution is -0.114. The van der Waals surface area contributed by atoms with Crippen LogP contribution in [0.1, 0.15) is 27.6 Å². The Morgan fingerprint density at radius 2 is 1.52 bits per heavy atom. The zero-order valence-electron chi connectivity index (χ0n) is 13.1. The third-order valence-electron chi connectivity index (χ3n) is 3.70. The second-order valence-corrected chi connectivity index (χ2v) is 7.31. The molecule has 126 valence electrons. The number of sulfone groups is 1. The lowest BCUT2D eigenvalue weighted by atomic mass is 9.95. The van der Waals surface area contributed by atoms with Crippen molar-refractivity contribution in [2.45, 2.75) is 11.8 Å². The SMILES string of the molecule is CC(=O)Nc1ccccc1S(=O)(=O)C1=CC(=O)c2ccccc2C1=O. The average molecular weight is 355 g/mol. The van der Waals surface area contributed by atoms with Crippen molar-refractivity contribution in [1.29, 1.82) is 0 Å². The van der Waals surface area contributed by atoms with E-state index in [0.717, 1.165) is 6.08 Å². The molecule has 0 aromatic heterocycles. The number of Topliss-reactive ketones (excluding diaryl/α,β-unsaturated/α-hetero) is 1. The fraction of sp³-hybridized carbons (Fsp3) is 0.0556. The Labute approximate surface area is 144 Å². The highest BCUT2D eigenvalue weighted by molar-refractivity contribution is 7.96. The minimum Gasteiger partial charge on any atom is -0.325 e. The van der Waals surface area contributed by atoms with Gasteiger partial charge in [-0.1, -0.05) is 36.4 Å². The summed E-state index contributed by atoms with van der Waals surface area (Å²) in [6.07, 6.45) is 0.838. The number of nitrogens with one attached hydrogen (secondary N) is 1. The molecule has 3 rings (SSSR count). The quantitative estimate of drug-likeness (QED) is 0.912. The highest BCUT2D eigenvalue weighted by Gasteiger charge is 2.35. The molecular formula is C18H13NO5S. The Kier molecular flexibility index (Phi) is 4.10. The van der Waals surface area contributed by atoms with Crippen LogP contribution in [0.15, 0.2) is 64.4 Å². The topological polar surface area (TPSA) is 97.4 Å². The molecule has 0 saturated heterocycles. The van der Waals surface area contributed by atoms with Gasteiger partial charge < -0.3 is 5.32 Å². The van der Waals surface area contributed by atoms with E-state index < -0.39 is 32.2 Å². The minimum absolute atomic E-state index is 0.0468. The second kappa shape index (κ2) is 6.10. The zero-order chi connectivity index (χ0) is 18.2. The van der Waals surface area contributed by atoms with E-state index in [9.17, 15) is 22.8 Å². The first-order valence-electron chi connectivity index (χ1n) is 7.34. The summed E-state index contributed by atoms with van der Waals surface area (Å²) in [6.45, 7) is 1.24. The molecule has 0 heterocycles. The first-order valence-corrected chi connectivity index (χ1v) is 8.82. The molecule has 0 atom stereocenters. The molecule has 25 heavy (non-hydrogen) atoms. The normalized spacial score (nSPS) is 13.9. The van der Waals surface area contributed by atoms with Crippen LogP contribution >= 0.6 is 0 Å². The monoisotopic (exact) mass is 355 g/mol. The Hall–Kier alpha value is -3.06. The van der Waals surface area contributed by atoms with Crippen molar-refractivity contribution < 1.29 is 22.8 Å². The smallest absolute Gasteiger partial charge is 0.221 e. The molecule has 1 N–H and O–H groups in total. The summed E-state index contributed by atoms with van der Waals surface area (Å²) < 4.78 is 25.9. The van der Waals surface area contributed by atoms with E-state index in [2.05, 4.69) is 5.32 Å². The number of fused-ring (bicyclic) bond motifs is 1. The number of hydrogen-bond donors (Lipinski definition) is 1. The molecule has 0 bridgehead atoms. The van der Waals surface area contributed by atoms with Crippen LogP contribution in [-0.4, -0.2) is 25.9 Å². The summed E-state index contributed by atoms with van der Waals surface area (Å²) in [6, 6.07) is 11.8. The van der Waals surface area contributed by atoms with Gasteiger partial charge in [-0.3, -0.25) is 14.4 Å². The van der Waals surface area contributed by atoms with E-state index >= 15 is 0 Å². The van der Waals surface area contributed by atoms with Crippen LogP contribution in [0.3, 0.4) is 0 Å². The molecule has 0 fully saturated rings. The molecule has 1 aliphatic rings. The fourth-order valence-corrected chi connectivity index (χ4v) is 4.12. The molecule has 0 aliphatic heterocycles. The number of amides is 1. The Bertz CT molecular complexity index is 1050. The van der Waals surface area contributed by atoms with E-state index in [1.165, 1.54) is 37.3 Å². The summed E-state index contributed by atoms with van der Waals surface area (Å²) in [7, 11) is -4.29. The van der Waals surface area contributed by atoms with Gasteiger partial charge in [0, 0.05) is 24.1 Å². The molecular weight excluding hydrogens is 342 g/mol. The third kappa shape index (κ3) is 2.89. The maximum Gasteiger partial charge on any atom is 0.221 e. The number of allylic oxidation sites excluding steroid dienone is 2. The Morgan fingerprint density at radius 3 is 2.20 bits per heavy atom. The number of anilines is 1. The lowest BCUT2D eigenvalue weighted by Crippen LogP contribution is -2.23. The van der Waals surface area contributed by atoms with Crippen LogP contribution in [0, 0.1) is 0 Å². The number of hydrogen-bond acceptors (Lipinski definition) is 5. The minimum atomic E-state index is -4.29. The van der Waals surface area contributed by atoms with Crippen LogP contribution < -0.4 is 5.32 Å². The Morgan fingerprint density at radius 1 is 0.920 bits per heavy atom. The lowest BCUT2D eigenvalue weighted by Gasteiger charge is -2.17. The maximum absolute atomic E-state index is 13.0. The van der Waals surface area contributed by atoms with Gasteiger partial charge in [-0.15, -0.1) is 0 Å². The van der Waals surface area contributed by atoms with Crippen molar-refractivity contribution in [2.75, 3.05) is 5.32 Å². The third-order valence-corrected chi connectivity index (χ3v) is 5.52. The van der Waals surface area contributed by atoms with Crippen molar-refractivity contribution in [2.24, 2.45) is 0 Å². The number of rotatable bonds is 3. The molecule has 6 nitrogen and oxygen atoms in total.